The zero-order valence-corrected chi connectivity index (χ0v) is 11.0. The summed E-state index contributed by atoms with van der Waals surface area (Å²) in [5.74, 6) is 0.897. The maximum absolute atomic E-state index is 12.3. The summed E-state index contributed by atoms with van der Waals surface area (Å²) >= 11 is 1.42. The molecule has 2 rings (SSSR count). The minimum absolute atomic E-state index is 0.258. The Morgan fingerprint density at radius 1 is 1.59 bits per heavy atom. The van der Waals surface area contributed by atoms with Crippen LogP contribution in [0.2, 0.25) is 0 Å². The second kappa shape index (κ2) is 6.26. The van der Waals surface area contributed by atoms with E-state index in [9.17, 15) is 4.39 Å². The van der Waals surface area contributed by atoms with E-state index in [2.05, 4.69) is 26.5 Å². The lowest BCUT2D eigenvalue weighted by Crippen LogP contribution is -2.42. The van der Waals surface area contributed by atoms with Crippen LogP contribution in [0.5, 0.6) is 0 Å². The topological polar surface area (TPSA) is 41.1 Å². The highest BCUT2D eigenvalue weighted by molar-refractivity contribution is 7.09. The van der Waals surface area contributed by atoms with E-state index in [0.717, 1.165) is 43.3 Å². The number of nitrogens with one attached hydrogen (secondary N) is 1. The molecule has 4 nitrogen and oxygen atoms in total. The standard InChI is InChI=1S/C11H19FN4S/c1-2-10-14-11(17-15-10)13-9-4-3-6-16(8-9)7-5-12/h9H,2-8H2,1H3,(H,13,14,15). The van der Waals surface area contributed by atoms with E-state index in [0.29, 0.717) is 12.6 Å². The van der Waals surface area contributed by atoms with Crippen LogP contribution in [0.3, 0.4) is 0 Å². The third kappa shape index (κ3) is 3.61. The Kier molecular flexibility index (Phi) is 4.67. The molecule has 1 aliphatic rings. The van der Waals surface area contributed by atoms with Crippen molar-refractivity contribution in [2.45, 2.75) is 32.2 Å². The molecule has 1 N–H and O–H groups in total. The molecule has 0 saturated carbocycles. The molecular weight excluding hydrogens is 239 g/mol. The molecule has 1 aromatic heterocycles. The van der Waals surface area contributed by atoms with Crippen molar-refractivity contribution in [3.8, 4) is 0 Å². The Morgan fingerprint density at radius 2 is 2.47 bits per heavy atom. The first-order valence-electron chi connectivity index (χ1n) is 6.19. The molecular formula is C11H19FN4S. The molecule has 17 heavy (non-hydrogen) atoms. The van der Waals surface area contributed by atoms with Gasteiger partial charge < -0.3 is 5.32 Å². The number of aromatic nitrogens is 2. The summed E-state index contributed by atoms with van der Waals surface area (Å²) in [5.41, 5.74) is 0. The Balaban J connectivity index is 1.85. The lowest BCUT2D eigenvalue weighted by Gasteiger charge is -2.32. The third-order valence-electron chi connectivity index (χ3n) is 3.02. The number of rotatable bonds is 5. The molecule has 0 radical (unpaired) electrons. The highest BCUT2D eigenvalue weighted by Gasteiger charge is 2.20. The van der Waals surface area contributed by atoms with Gasteiger partial charge in [-0.15, -0.1) is 0 Å². The van der Waals surface area contributed by atoms with Crippen molar-refractivity contribution in [1.29, 1.82) is 0 Å². The number of hydrogen-bond acceptors (Lipinski definition) is 5. The maximum atomic E-state index is 12.3. The summed E-state index contributed by atoms with van der Waals surface area (Å²) in [6.07, 6.45) is 3.12. The van der Waals surface area contributed by atoms with Crippen LogP contribution in [0.15, 0.2) is 0 Å². The maximum Gasteiger partial charge on any atom is 0.202 e. The SMILES string of the molecule is CCc1nsc(NC2CCCN(CCF)C2)n1. The van der Waals surface area contributed by atoms with Gasteiger partial charge in [-0.2, -0.15) is 4.37 Å². The monoisotopic (exact) mass is 258 g/mol. The molecule has 1 atom stereocenters. The molecule has 2 heterocycles. The lowest BCUT2D eigenvalue weighted by atomic mass is 10.1. The van der Waals surface area contributed by atoms with Crippen LogP contribution in [0.25, 0.3) is 0 Å². The number of aryl methyl sites for hydroxylation is 1. The van der Waals surface area contributed by atoms with Crippen molar-refractivity contribution >= 4 is 16.7 Å². The lowest BCUT2D eigenvalue weighted by molar-refractivity contribution is 0.200. The molecule has 96 valence electrons. The van der Waals surface area contributed by atoms with Crippen LogP contribution in [-0.2, 0) is 6.42 Å². The molecule has 0 aromatic carbocycles. The summed E-state index contributed by atoms with van der Waals surface area (Å²) in [7, 11) is 0. The van der Waals surface area contributed by atoms with Gasteiger partial charge in [0.25, 0.3) is 0 Å². The van der Waals surface area contributed by atoms with Crippen LogP contribution in [0.1, 0.15) is 25.6 Å². The van der Waals surface area contributed by atoms with Crippen LogP contribution < -0.4 is 5.32 Å². The first kappa shape index (κ1) is 12.7. The van der Waals surface area contributed by atoms with E-state index in [1.165, 1.54) is 11.5 Å². The number of alkyl halides is 1. The molecule has 1 fully saturated rings. The summed E-state index contributed by atoms with van der Waals surface area (Å²) in [6, 6.07) is 0.382. The molecule has 1 unspecified atom stereocenters. The van der Waals surface area contributed by atoms with Gasteiger partial charge in [-0.25, -0.2) is 9.37 Å². The van der Waals surface area contributed by atoms with E-state index >= 15 is 0 Å². The fourth-order valence-corrected chi connectivity index (χ4v) is 2.85. The third-order valence-corrected chi connectivity index (χ3v) is 3.70. The Morgan fingerprint density at radius 3 is 3.18 bits per heavy atom. The van der Waals surface area contributed by atoms with Gasteiger partial charge in [0, 0.05) is 37.1 Å². The number of hydrogen-bond donors (Lipinski definition) is 1. The summed E-state index contributed by atoms with van der Waals surface area (Å²) in [5, 5.41) is 4.30. The molecule has 1 aliphatic heterocycles. The minimum atomic E-state index is -0.258. The molecule has 0 aliphatic carbocycles. The minimum Gasteiger partial charge on any atom is -0.356 e. The van der Waals surface area contributed by atoms with E-state index in [1.807, 2.05) is 0 Å². The van der Waals surface area contributed by atoms with Gasteiger partial charge in [-0.1, -0.05) is 6.92 Å². The summed E-state index contributed by atoms with van der Waals surface area (Å²) in [6.45, 7) is 4.26. The summed E-state index contributed by atoms with van der Waals surface area (Å²) in [4.78, 5) is 6.57. The van der Waals surface area contributed by atoms with Crippen molar-refractivity contribution in [2.75, 3.05) is 31.6 Å². The number of anilines is 1. The smallest absolute Gasteiger partial charge is 0.202 e. The molecule has 1 aromatic rings. The Labute approximate surface area is 105 Å². The van der Waals surface area contributed by atoms with Gasteiger partial charge in [0.05, 0.1) is 0 Å². The number of likely N-dealkylation sites (tertiary alicyclic amines) is 1. The predicted octanol–water partition coefficient (Wildman–Crippen LogP) is 1.95. The fraction of sp³-hybridized carbons (Fsp3) is 0.818. The van der Waals surface area contributed by atoms with Crippen molar-refractivity contribution < 1.29 is 4.39 Å². The molecule has 6 heteroatoms. The van der Waals surface area contributed by atoms with Gasteiger partial charge in [-0.05, 0) is 19.4 Å². The average molecular weight is 258 g/mol. The van der Waals surface area contributed by atoms with Crippen LogP contribution >= 0.6 is 11.5 Å². The first-order valence-corrected chi connectivity index (χ1v) is 6.96. The van der Waals surface area contributed by atoms with E-state index in [4.69, 9.17) is 0 Å². The van der Waals surface area contributed by atoms with Crippen LogP contribution in [0, 0.1) is 0 Å². The largest absolute Gasteiger partial charge is 0.356 e. The number of nitrogens with zero attached hydrogens (tertiary/aromatic N) is 3. The highest BCUT2D eigenvalue weighted by atomic mass is 32.1. The quantitative estimate of drug-likeness (QED) is 0.876. The van der Waals surface area contributed by atoms with Crippen molar-refractivity contribution in [3.63, 3.8) is 0 Å². The molecule has 0 spiro atoms. The number of halogens is 1. The van der Waals surface area contributed by atoms with E-state index in [-0.39, 0.29) is 6.67 Å². The zero-order valence-electron chi connectivity index (χ0n) is 10.2. The van der Waals surface area contributed by atoms with Crippen molar-refractivity contribution in [2.24, 2.45) is 0 Å². The van der Waals surface area contributed by atoms with E-state index in [1.54, 1.807) is 0 Å². The zero-order chi connectivity index (χ0) is 12.1. The van der Waals surface area contributed by atoms with Gasteiger partial charge in [0.15, 0.2) is 0 Å². The second-order valence-corrected chi connectivity index (χ2v) is 5.09. The Hall–Kier alpha value is -0.750. The Bertz CT molecular complexity index is 342. The normalized spacial score (nSPS) is 21.6. The fourth-order valence-electron chi connectivity index (χ4n) is 2.13. The van der Waals surface area contributed by atoms with Gasteiger partial charge in [0.2, 0.25) is 5.13 Å². The van der Waals surface area contributed by atoms with Gasteiger partial charge in [0.1, 0.15) is 12.5 Å². The molecule has 0 amide bonds. The number of piperidine rings is 1. The average Bonchev–Trinajstić information content (AvgIpc) is 2.78. The first-order chi connectivity index (χ1) is 8.31. The van der Waals surface area contributed by atoms with Crippen LogP contribution in [0.4, 0.5) is 9.52 Å². The van der Waals surface area contributed by atoms with Crippen molar-refractivity contribution in [3.05, 3.63) is 5.82 Å². The van der Waals surface area contributed by atoms with Crippen molar-refractivity contribution in [1.82, 2.24) is 14.3 Å². The second-order valence-electron chi connectivity index (χ2n) is 4.34. The highest BCUT2D eigenvalue weighted by Crippen LogP contribution is 2.17. The van der Waals surface area contributed by atoms with Gasteiger partial charge >= 0.3 is 0 Å². The van der Waals surface area contributed by atoms with E-state index < -0.39 is 0 Å². The van der Waals surface area contributed by atoms with Gasteiger partial charge in [-0.3, -0.25) is 4.90 Å². The van der Waals surface area contributed by atoms with Crippen LogP contribution in [-0.4, -0.2) is 46.6 Å². The molecule has 0 bridgehead atoms. The summed E-state index contributed by atoms with van der Waals surface area (Å²) < 4.78 is 16.5. The molecule has 1 saturated heterocycles. The predicted molar refractivity (Wildman–Crippen MR) is 68.3 cm³/mol.